The molecular formula is C16H19FN4O3S. The van der Waals surface area contributed by atoms with Crippen LogP contribution in [0.4, 0.5) is 10.2 Å². The molecule has 2 saturated heterocycles. The zero-order valence-corrected chi connectivity index (χ0v) is 14.8. The Morgan fingerprint density at radius 2 is 2.08 bits per heavy atom. The van der Waals surface area contributed by atoms with Gasteiger partial charge in [0.1, 0.15) is 22.2 Å². The molecule has 25 heavy (non-hydrogen) atoms. The van der Waals surface area contributed by atoms with Gasteiger partial charge in [0.15, 0.2) is 5.76 Å². The lowest BCUT2D eigenvalue weighted by Crippen LogP contribution is -2.40. The zero-order chi connectivity index (χ0) is 17.8. The Balaban J connectivity index is 1.61. The highest BCUT2D eigenvalue weighted by molar-refractivity contribution is 7.89. The number of fused-ring (bicyclic) bond motifs is 1. The van der Waals surface area contributed by atoms with Crippen LogP contribution in [0.15, 0.2) is 27.7 Å². The molecule has 9 heteroatoms. The lowest BCUT2D eigenvalue weighted by molar-refractivity contribution is 0.378. The van der Waals surface area contributed by atoms with Gasteiger partial charge in [0.25, 0.3) is 0 Å². The van der Waals surface area contributed by atoms with Crippen LogP contribution in [0.2, 0.25) is 0 Å². The number of rotatable bonds is 3. The highest BCUT2D eigenvalue weighted by Crippen LogP contribution is 2.37. The molecule has 2 aliphatic rings. The first-order valence-corrected chi connectivity index (χ1v) is 9.63. The predicted molar refractivity (Wildman–Crippen MR) is 88.2 cm³/mol. The first-order chi connectivity index (χ1) is 11.9. The molecule has 0 radical (unpaired) electrons. The van der Waals surface area contributed by atoms with Gasteiger partial charge < -0.3 is 9.42 Å². The topological polar surface area (TPSA) is 79.5 Å². The Labute approximate surface area is 145 Å². The number of hydrogen-bond donors (Lipinski definition) is 0. The summed E-state index contributed by atoms with van der Waals surface area (Å²) in [5.41, 5.74) is 0.385. The van der Waals surface area contributed by atoms with Gasteiger partial charge in [0.05, 0.1) is 6.20 Å². The summed E-state index contributed by atoms with van der Waals surface area (Å²) in [7, 11) is -3.65. The maximum atomic E-state index is 13.1. The van der Waals surface area contributed by atoms with E-state index in [1.807, 2.05) is 4.90 Å². The second kappa shape index (κ2) is 5.77. The Kier molecular flexibility index (Phi) is 3.80. The van der Waals surface area contributed by atoms with Crippen LogP contribution < -0.4 is 4.90 Å². The van der Waals surface area contributed by atoms with E-state index >= 15 is 0 Å². The maximum Gasteiger partial charge on any atom is 0.248 e. The Hall–Kier alpha value is -2.00. The van der Waals surface area contributed by atoms with Crippen LogP contribution in [-0.2, 0) is 10.0 Å². The van der Waals surface area contributed by atoms with Gasteiger partial charge in [0, 0.05) is 25.7 Å². The van der Waals surface area contributed by atoms with Crippen molar-refractivity contribution < 1.29 is 17.3 Å². The van der Waals surface area contributed by atoms with Gasteiger partial charge in [-0.1, -0.05) is 5.16 Å². The molecule has 2 unspecified atom stereocenters. The molecule has 2 aromatic heterocycles. The fourth-order valence-corrected chi connectivity index (χ4v) is 5.91. The average Bonchev–Trinajstić information content (AvgIpc) is 3.22. The summed E-state index contributed by atoms with van der Waals surface area (Å²) in [6.45, 7) is 5.01. The molecule has 2 aliphatic heterocycles. The molecule has 0 amide bonds. The van der Waals surface area contributed by atoms with Crippen molar-refractivity contribution in [1.29, 1.82) is 0 Å². The van der Waals surface area contributed by atoms with Gasteiger partial charge in [0.2, 0.25) is 10.0 Å². The number of aryl methyl sites for hydroxylation is 2. The highest BCUT2D eigenvalue weighted by atomic mass is 32.2. The smallest absolute Gasteiger partial charge is 0.248 e. The third-order valence-electron chi connectivity index (χ3n) is 5.07. The number of aromatic nitrogens is 2. The summed E-state index contributed by atoms with van der Waals surface area (Å²) >= 11 is 0. The minimum atomic E-state index is -3.65. The van der Waals surface area contributed by atoms with E-state index in [1.54, 1.807) is 24.2 Å². The van der Waals surface area contributed by atoms with Crippen molar-refractivity contribution in [3.63, 3.8) is 0 Å². The fraction of sp³-hybridized carbons (Fsp3) is 0.500. The molecule has 4 heterocycles. The van der Waals surface area contributed by atoms with E-state index < -0.39 is 10.0 Å². The lowest BCUT2D eigenvalue weighted by Gasteiger charge is -2.24. The molecule has 0 N–H and O–H groups in total. The Morgan fingerprint density at radius 3 is 2.72 bits per heavy atom. The van der Waals surface area contributed by atoms with E-state index in [2.05, 4.69) is 10.1 Å². The van der Waals surface area contributed by atoms with Gasteiger partial charge in [-0.25, -0.2) is 17.8 Å². The quantitative estimate of drug-likeness (QED) is 0.823. The molecule has 0 bridgehead atoms. The van der Waals surface area contributed by atoms with Crippen LogP contribution >= 0.6 is 0 Å². The van der Waals surface area contributed by atoms with Crippen LogP contribution in [0.5, 0.6) is 0 Å². The third-order valence-corrected chi connectivity index (χ3v) is 7.24. The first kappa shape index (κ1) is 16.5. The Bertz CT molecular complexity index is 877. The van der Waals surface area contributed by atoms with Crippen LogP contribution in [-0.4, -0.2) is 48.5 Å². The molecule has 2 atom stereocenters. The molecule has 2 aromatic rings. The maximum absolute atomic E-state index is 13.1. The number of hydrogen-bond acceptors (Lipinski definition) is 6. The second-order valence-corrected chi connectivity index (χ2v) is 8.45. The van der Waals surface area contributed by atoms with Crippen molar-refractivity contribution in [3.05, 3.63) is 35.6 Å². The van der Waals surface area contributed by atoms with Gasteiger partial charge in [-0.15, -0.1) is 0 Å². The molecule has 134 valence electrons. The standard InChI is InChI=1S/C16H19FN4O3S/c1-10-16(11(2)24-19-10)25(22,23)21-6-5-12-8-20(9-14(12)21)15-4-3-13(17)7-18-15/h3-4,7,12,14H,5-6,8-9H2,1-2H3. The fourth-order valence-electron chi connectivity index (χ4n) is 3.92. The number of nitrogens with zero attached hydrogens (tertiary/aromatic N) is 4. The van der Waals surface area contributed by atoms with E-state index in [1.165, 1.54) is 12.3 Å². The van der Waals surface area contributed by atoms with Crippen molar-refractivity contribution in [2.24, 2.45) is 5.92 Å². The van der Waals surface area contributed by atoms with Crippen molar-refractivity contribution in [2.75, 3.05) is 24.5 Å². The van der Waals surface area contributed by atoms with E-state index in [0.717, 1.165) is 13.0 Å². The SMILES string of the molecule is Cc1noc(C)c1S(=O)(=O)N1CCC2CN(c3ccc(F)cn3)CC21. The van der Waals surface area contributed by atoms with Crippen molar-refractivity contribution >= 4 is 15.8 Å². The number of pyridine rings is 1. The molecule has 0 aromatic carbocycles. The summed E-state index contributed by atoms with van der Waals surface area (Å²) in [5.74, 6) is 0.842. The Morgan fingerprint density at radius 1 is 1.28 bits per heavy atom. The molecule has 0 saturated carbocycles. The van der Waals surface area contributed by atoms with Crippen LogP contribution in [0.3, 0.4) is 0 Å². The lowest BCUT2D eigenvalue weighted by atomic mass is 10.1. The van der Waals surface area contributed by atoms with Crippen molar-refractivity contribution in [2.45, 2.75) is 31.2 Å². The van der Waals surface area contributed by atoms with Crippen molar-refractivity contribution in [3.8, 4) is 0 Å². The summed E-state index contributed by atoms with van der Waals surface area (Å²) in [6, 6.07) is 2.88. The predicted octanol–water partition coefficient (Wildman–Crippen LogP) is 1.72. The number of sulfonamides is 1. The van der Waals surface area contributed by atoms with Gasteiger partial charge >= 0.3 is 0 Å². The normalized spacial score (nSPS) is 24.0. The number of halogens is 1. The highest BCUT2D eigenvalue weighted by Gasteiger charge is 2.48. The minimum absolute atomic E-state index is 0.120. The number of anilines is 1. The molecular weight excluding hydrogens is 347 g/mol. The van der Waals surface area contributed by atoms with Crippen LogP contribution in [0.1, 0.15) is 17.9 Å². The molecule has 0 spiro atoms. The monoisotopic (exact) mass is 366 g/mol. The van der Waals surface area contributed by atoms with Gasteiger partial charge in [-0.2, -0.15) is 4.31 Å². The summed E-state index contributed by atoms with van der Waals surface area (Å²) in [5, 5.41) is 3.77. The first-order valence-electron chi connectivity index (χ1n) is 8.19. The average molecular weight is 366 g/mol. The van der Waals surface area contributed by atoms with Gasteiger partial charge in [-0.05, 0) is 38.3 Å². The van der Waals surface area contributed by atoms with E-state index in [0.29, 0.717) is 30.4 Å². The van der Waals surface area contributed by atoms with E-state index in [-0.39, 0.29) is 22.7 Å². The summed E-state index contributed by atoms with van der Waals surface area (Å²) in [4.78, 5) is 6.30. The second-order valence-electron chi connectivity index (χ2n) is 6.62. The van der Waals surface area contributed by atoms with Crippen LogP contribution in [0.25, 0.3) is 0 Å². The molecule has 4 rings (SSSR count). The van der Waals surface area contributed by atoms with E-state index in [9.17, 15) is 12.8 Å². The van der Waals surface area contributed by atoms with Gasteiger partial charge in [-0.3, -0.25) is 0 Å². The molecule has 2 fully saturated rings. The largest absolute Gasteiger partial charge is 0.360 e. The summed E-state index contributed by atoms with van der Waals surface area (Å²) in [6.07, 6.45) is 1.98. The summed E-state index contributed by atoms with van der Waals surface area (Å²) < 4.78 is 45.9. The van der Waals surface area contributed by atoms with Crippen LogP contribution in [0, 0.1) is 25.6 Å². The van der Waals surface area contributed by atoms with Crippen molar-refractivity contribution in [1.82, 2.24) is 14.4 Å². The zero-order valence-electron chi connectivity index (χ0n) is 14.0. The molecule has 7 nitrogen and oxygen atoms in total. The van der Waals surface area contributed by atoms with E-state index in [4.69, 9.17) is 4.52 Å². The third kappa shape index (κ3) is 2.62. The minimum Gasteiger partial charge on any atom is -0.360 e. The molecule has 0 aliphatic carbocycles.